The average molecular weight is 519 g/mol. The van der Waals surface area contributed by atoms with Crippen LogP contribution in [0, 0.1) is 12.2 Å². The monoisotopic (exact) mass is 518 g/mol. The molecule has 0 rings (SSSR count). The van der Waals surface area contributed by atoms with E-state index in [0.717, 1.165) is 30.3 Å². The number of rotatable bonds is 18. The molecular formula is C26H53CoNOS2-2. The van der Waals surface area contributed by atoms with Crippen molar-refractivity contribution >= 4 is 28.3 Å². The van der Waals surface area contributed by atoms with Gasteiger partial charge in [-0.1, -0.05) is 116 Å². The van der Waals surface area contributed by atoms with Gasteiger partial charge in [-0.2, -0.15) is 19.8 Å². The van der Waals surface area contributed by atoms with Crippen LogP contribution in [0.4, 0.5) is 0 Å². The van der Waals surface area contributed by atoms with E-state index in [2.05, 4.69) is 62.1 Å². The fourth-order valence-electron chi connectivity index (χ4n) is 3.14. The normalized spacial score (nSPS) is 10.2. The second kappa shape index (κ2) is 32.7. The first-order valence-electron chi connectivity index (χ1n) is 12.8. The zero-order valence-electron chi connectivity index (χ0n) is 21.4. The van der Waals surface area contributed by atoms with Crippen molar-refractivity contribution in [2.45, 2.75) is 137 Å². The number of hydrogen-bond donors (Lipinski definition) is 0. The molecule has 0 saturated heterocycles. The van der Waals surface area contributed by atoms with Crippen LogP contribution >= 0.6 is 24.0 Å². The van der Waals surface area contributed by atoms with Crippen molar-refractivity contribution in [3.05, 3.63) is 12.2 Å². The molecular weight excluding hydrogens is 465 g/mol. The molecule has 0 aliphatic heterocycles. The van der Waals surface area contributed by atoms with Crippen molar-refractivity contribution in [2.24, 2.45) is 0 Å². The Labute approximate surface area is 214 Å². The molecule has 0 amide bonds. The Morgan fingerprint density at radius 3 is 1.42 bits per heavy atom. The molecule has 0 aliphatic carbocycles. The number of thiocarbonyl (C=S) groups is 1. The molecule has 0 fully saturated rings. The minimum atomic E-state index is 1.01. The van der Waals surface area contributed by atoms with Crippen LogP contribution in [0.25, 0.3) is 0 Å². The summed E-state index contributed by atoms with van der Waals surface area (Å²) in [6.07, 6.45) is 22.4. The third-order valence-corrected chi connectivity index (χ3v) is 6.96. The first kappa shape index (κ1) is 36.1. The van der Waals surface area contributed by atoms with Gasteiger partial charge >= 0.3 is 19.5 Å². The molecule has 31 heavy (non-hydrogen) atoms. The van der Waals surface area contributed by atoms with Crippen LogP contribution in [0.15, 0.2) is 0 Å². The molecule has 0 aromatic heterocycles. The Hall–Kier alpha value is 0.546. The Kier molecular flexibility index (Phi) is 38.1. The van der Waals surface area contributed by atoms with Crippen molar-refractivity contribution in [3.8, 4) is 0 Å². The fourth-order valence-corrected chi connectivity index (χ4v) is 4.65. The van der Waals surface area contributed by atoms with Gasteiger partial charge in [0.15, 0.2) is 0 Å². The Morgan fingerprint density at radius 1 is 0.774 bits per heavy atom. The van der Waals surface area contributed by atoms with Crippen LogP contribution in [-0.4, -0.2) is 22.3 Å². The quantitative estimate of drug-likeness (QED) is 0.102. The summed E-state index contributed by atoms with van der Waals surface area (Å²) in [7, 11) is 0. The fraction of sp³-hybridized carbons (Fsp3) is 0.885. The van der Waals surface area contributed by atoms with Crippen molar-refractivity contribution in [2.75, 3.05) is 13.1 Å². The van der Waals surface area contributed by atoms with Crippen LogP contribution in [-0.2, 0) is 19.5 Å². The van der Waals surface area contributed by atoms with Gasteiger partial charge in [-0.15, -0.1) is 0 Å². The van der Waals surface area contributed by atoms with E-state index >= 15 is 0 Å². The molecule has 0 saturated carbocycles. The molecule has 5 heteroatoms. The third-order valence-electron chi connectivity index (χ3n) is 5.38. The maximum atomic E-state index is 7.94. The average Bonchev–Trinajstić information content (AvgIpc) is 2.79. The van der Waals surface area contributed by atoms with Gasteiger partial charge in [0.1, 0.15) is 4.32 Å². The molecule has 0 N–H and O–H groups in total. The minimum absolute atomic E-state index is 1.01. The summed E-state index contributed by atoms with van der Waals surface area (Å²) >= 11 is 9.33. The number of unbranched alkanes of at least 4 members (excludes halogenated alkanes) is 14. The topological polar surface area (TPSA) is 20.3 Å². The van der Waals surface area contributed by atoms with E-state index in [0.29, 0.717) is 0 Å². The predicted molar refractivity (Wildman–Crippen MR) is 143 cm³/mol. The summed E-state index contributed by atoms with van der Waals surface area (Å²) < 4.78 is 8.95. The van der Waals surface area contributed by atoms with Crippen molar-refractivity contribution < 1.29 is 19.5 Å². The summed E-state index contributed by atoms with van der Waals surface area (Å²) in [4.78, 5) is 2.21. The Balaban J connectivity index is -0.000000492. The van der Waals surface area contributed by atoms with Gasteiger partial charge in [0, 0.05) is 13.1 Å². The molecule has 0 aromatic carbocycles. The van der Waals surface area contributed by atoms with E-state index in [9.17, 15) is 0 Å². The van der Waals surface area contributed by atoms with Gasteiger partial charge in [-0.25, -0.2) is 0 Å². The molecule has 0 radical (unpaired) electrons. The Morgan fingerprint density at radius 2 is 1.13 bits per heavy atom. The van der Waals surface area contributed by atoms with Crippen LogP contribution in [0.1, 0.15) is 137 Å². The van der Waals surface area contributed by atoms with E-state index < -0.39 is 0 Å². The number of hydrogen-bond acceptors (Lipinski definition) is 3. The van der Waals surface area contributed by atoms with E-state index in [1.165, 1.54) is 95.1 Å². The van der Waals surface area contributed by atoms with Gasteiger partial charge < -0.3 is 11.8 Å². The first-order chi connectivity index (χ1) is 15.1. The molecule has 2 nitrogen and oxygen atoms in total. The van der Waals surface area contributed by atoms with Crippen LogP contribution in [0.3, 0.4) is 0 Å². The van der Waals surface area contributed by atoms with E-state index in [4.69, 9.17) is 16.1 Å². The van der Waals surface area contributed by atoms with Crippen LogP contribution in [0.2, 0.25) is 0 Å². The van der Waals surface area contributed by atoms with Crippen LogP contribution < -0.4 is 0 Å². The number of nitrogens with zero attached hydrogens (tertiary/aromatic N) is 1. The molecule has 0 unspecified atom stereocenters. The third kappa shape index (κ3) is 30.5. The summed E-state index contributed by atoms with van der Waals surface area (Å²) in [5.74, 6) is 0. The van der Waals surface area contributed by atoms with Gasteiger partial charge in [0.2, 0.25) is 0 Å². The van der Waals surface area contributed by atoms with Crippen LogP contribution in [0.5, 0.6) is 0 Å². The van der Waals surface area contributed by atoms with Crippen molar-refractivity contribution in [1.82, 2.24) is 4.90 Å². The van der Waals surface area contributed by atoms with E-state index in [1.807, 2.05) is 0 Å². The summed E-state index contributed by atoms with van der Waals surface area (Å²) in [5, 5.41) is 1.40. The second-order valence-corrected chi connectivity index (χ2v) is 9.98. The van der Waals surface area contributed by atoms with Gasteiger partial charge in [0.05, 0.1) is 0 Å². The standard InChI is InChI=1S/C17H35.C9H18NS2.Co.O/c1-3-5-7-9-11-13-15-17-16-14-12-10-8-6-4-2;1-5-8(4)12-9(11)10(6-2)7-3;;/h1,3-17H2,2H3;5-7H2,1-4H3;;/q2*-1;;. The molecule has 0 bridgehead atoms. The van der Waals surface area contributed by atoms with E-state index in [-0.39, 0.29) is 0 Å². The first-order valence-corrected chi connectivity index (χ1v) is 14.4. The predicted octanol–water partition coefficient (Wildman–Crippen LogP) is 9.88. The zero-order valence-corrected chi connectivity index (χ0v) is 24.1. The van der Waals surface area contributed by atoms with Crippen molar-refractivity contribution in [3.63, 3.8) is 0 Å². The van der Waals surface area contributed by atoms with Crippen molar-refractivity contribution in [1.29, 1.82) is 0 Å². The summed E-state index contributed by atoms with van der Waals surface area (Å²) in [6.45, 7) is 16.8. The Bertz CT molecular complexity index is 327. The number of thioether (sulfide) groups is 1. The van der Waals surface area contributed by atoms with Gasteiger partial charge in [0.25, 0.3) is 0 Å². The molecule has 0 aliphatic rings. The maximum absolute atomic E-state index is 7.94. The van der Waals surface area contributed by atoms with Gasteiger partial charge in [-0.05, 0) is 13.8 Å². The summed E-state index contributed by atoms with van der Waals surface area (Å²) in [5.41, 5.74) is 0. The molecule has 0 spiro atoms. The zero-order chi connectivity index (χ0) is 24.2. The van der Waals surface area contributed by atoms with E-state index in [1.54, 1.807) is 11.8 Å². The molecule has 191 valence electrons. The van der Waals surface area contributed by atoms with Gasteiger partial charge in [-0.3, -0.25) is 17.0 Å². The SMILES string of the molecule is CC[C-](C)SC(=S)N(CC)CC.[CH2-]CCCCCCCCCCCCCCCC.[O]=[Co]. The molecule has 0 heterocycles. The second-order valence-electron chi connectivity index (χ2n) is 8.05. The molecule has 0 atom stereocenters. The summed E-state index contributed by atoms with van der Waals surface area (Å²) in [6, 6.07) is 0. The molecule has 0 aromatic rings.